The molecule has 0 fully saturated rings. The van der Waals surface area contributed by atoms with E-state index in [9.17, 15) is 0 Å². The Hall–Kier alpha value is -1.15. The molecule has 2 rings (SSSR count). The van der Waals surface area contributed by atoms with E-state index in [0.717, 1.165) is 12.1 Å². The third-order valence-electron chi connectivity index (χ3n) is 3.41. The number of nitrogens with zero attached hydrogens (tertiary/aromatic N) is 1. The quantitative estimate of drug-likeness (QED) is 0.726. The second kappa shape index (κ2) is 5.87. The molecule has 19 heavy (non-hydrogen) atoms. The number of benzene rings is 1. The van der Waals surface area contributed by atoms with Gasteiger partial charge in [0.1, 0.15) is 0 Å². The number of aryl methyl sites for hydroxylation is 4. The highest BCUT2D eigenvalue weighted by molar-refractivity contribution is 9.09. The fraction of sp³-hybridized carbons (Fsp3) is 0.353. The Morgan fingerprint density at radius 1 is 1.00 bits per heavy atom. The molecule has 1 aromatic heterocycles. The molecule has 2 aromatic rings. The SMILES string of the molecule is Cc1ccc(CC(Br)c2c(C)cc(C)cc2C)nc1. The van der Waals surface area contributed by atoms with Crippen LogP contribution in [0.5, 0.6) is 0 Å². The summed E-state index contributed by atoms with van der Waals surface area (Å²) in [6.07, 6.45) is 2.86. The van der Waals surface area contributed by atoms with E-state index in [4.69, 9.17) is 0 Å². The number of alkyl halides is 1. The molecule has 0 N–H and O–H groups in total. The topological polar surface area (TPSA) is 12.9 Å². The molecule has 1 heterocycles. The molecule has 0 aliphatic carbocycles. The summed E-state index contributed by atoms with van der Waals surface area (Å²) in [5.41, 5.74) is 7.77. The van der Waals surface area contributed by atoms with Gasteiger partial charge in [-0.3, -0.25) is 4.98 Å². The molecule has 0 saturated heterocycles. The van der Waals surface area contributed by atoms with Gasteiger partial charge in [0.2, 0.25) is 0 Å². The van der Waals surface area contributed by atoms with E-state index >= 15 is 0 Å². The zero-order valence-electron chi connectivity index (χ0n) is 12.0. The predicted octanol–water partition coefficient (Wildman–Crippen LogP) is 4.99. The first kappa shape index (κ1) is 14.3. The third-order valence-corrected chi connectivity index (χ3v) is 4.19. The Morgan fingerprint density at radius 3 is 2.16 bits per heavy atom. The van der Waals surface area contributed by atoms with E-state index in [-0.39, 0.29) is 0 Å². The smallest absolute Gasteiger partial charge is 0.0455 e. The maximum Gasteiger partial charge on any atom is 0.0455 e. The molecular weight excluding hydrogens is 298 g/mol. The van der Waals surface area contributed by atoms with Gasteiger partial charge in [0.15, 0.2) is 0 Å². The van der Waals surface area contributed by atoms with Crippen LogP contribution in [0.4, 0.5) is 0 Å². The van der Waals surface area contributed by atoms with Crippen LogP contribution in [0.15, 0.2) is 30.5 Å². The van der Waals surface area contributed by atoms with E-state index in [1.165, 1.54) is 27.8 Å². The van der Waals surface area contributed by atoms with Crippen molar-refractivity contribution in [3.05, 3.63) is 64.0 Å². The van der Waals surface area contributed by atoms with Crippen molar-refractivity contribution in [2.24, 2.45) is 0 Å². The first-order valence-corrected chi connectivity index (χ1v) is 7.52. The largest absolute Gasteiger partial charge is 0.261 e. The van der Waals surface area contributed by atoms with E-state index in [0.29, 0.717) is 4.83 Å². The number of pyridine rings is 1. The lowest BCUT2D eigenvalue weighted by molar-refractivity contribution is 0.886. The van der Waals surface area contributed by atoms with Gasteiger partial charge in [-0.15, -0.1) is 0 Å². The molecule has 0 saturated carbocycles. The van der Waals surface area contributed by atoms with Gasteiger partial charge in [-0.1, -0.05) is 39.7 Å². The van der Waals surface area contributed by atoms with Crippen LogP contribution in [0.1, 0.15) is 38.3 Å². The monoisotopic (exact) mass is 317 g/mol. The molecule has 1 atom stereocenters. The normalized spacial score (nSPS) is 12.5. The van der Waals surface area contributed by atoms with Gasteiger partial charge in [-0.2, -0.15) is 0 Å². The van der Waals surface area contributed by atoms with Crippen LogP contribution in [0.25, 0.3) is 0 Å². The fourth-order valence-electron chi connectivity index (χ4n) is 2.59. The molecule has 1 unspecified atom stereocenters. The van der Waals surface area contributed by atoms with Crippen molar-refractivity contribution in [2.75, 3.05) is 0 Å². The van der Waals surface area contributed by atoms with E-state index in [1.54, 1.807) is 0 Å². The fourth-order valence-corrected chi connectivity index (χ4v) is 3.64. The van der Waals surface area contributed by atoms with Crippen LogP contribution in [-0.4, -0.2) is 4.98 Å². The van der Waals surface area contributed by atoms with Crippen molar-refractivity contribution in [1.82, 2.24) is 4.98 Å². The van der Waals surface area contributed by atoms with Gasteiger partial charge in [0.05, 0.1) is 0 Å². The molecule has 1 aromatic carbocycles. The zero-order valence-corrected chi connectivity index (χ0v) is 13.6. The molecule has 0 amide bonds. The van der Waals surface area contributed by atoms with Crippen molar-refractivity contribution in [3.63, 3.8) is 0 Å². The van der Waals surface area contributed by atoms with Crippen LogP contribution in [0.3, 0.4) is 0 Å². The predicted molar refractivity (Wildman–Crippen MR) is 85.0 cm³/mol. The number of halogens is 1. The minimum atomic E-state index is 0.323. The highest BCUT2D eigenvalue weighted by Gasteiger charge is 2.14. The van der Waals surface area contributed by atoms with Crippen molar-refractivity contribution >= 4 is 15.9 Å². The average molecular weight is 318 g/mol. The minimum Gasteiger partial charge on any atom is -0.261 e. The number of aromatic nitrogens is 1. The van der Waals surface area contributed by atoms with Gasteiger partial charge in [-0.25, -0.2) is 0 Å². The summed E-state index contributed by atoms with van der Waals surface area (Å²) in [7, 11) is 0. The van der Waals surface area contributed by atoms with Crippen LogP contribution in [0, 0.1) is 27.7 Å². The maximum absolute atomic E-state index is 4.49. The summed E-state index contributed by atoms with van der Waals surface area (Å²) >= 11 is 3.83. The van der Waals surface area contributed by atoms with Crippen LogP contribution in [0.2, 0.25) is 0 Å². The summed E-state index contributed by atoms with van der Waals surface area (Å²) in [6.45, 7) is 8.59. The lowest BCUT2D eigenvalue weighted by atomic mass is 9.95. The summed E-state index contributed by atoms with van der Waals surface area (Å²) < 4.78 is 0. The standard InChI is InChI=1S/C17H20BrN/c1-11-5-6-15(19-10-11)9-16(18)17-13(3)7-12(2)8-14(17)4/h5-8,10,16H,9H2,1-4H3. The maximum atomic E-state index is 4.49. The summed E-state index contributed by atoms with van der Waals surface area (Å²) in [5.74, 6) is 0. The molecular formula is C17H20BrN. The highest BCUT2D eigenvalue weighted by Crippen LogP contribution is 2.32. The average Bonchev–Trinajstić information content (AvgIpc) is 2.30. The molecule has 0 radical (unpaired) electrons. The molecule has 100 valence electrons. The first-order valence-electron chi connectivity index (χ1n) is 6.60. The van der Waals surface area contributed by atoms with E-state index < -0.39 is 0 Å². The van der Waals surface area contributed by atoms with Gasteiger partial charge in [0, 0.05) is 23.1 Å². The highest BCUT2D eigenvalue weighted by atomic mass is 79.9. The van der Waals surface area contributed by atoms with Gasteiger partial charge < -0.3 is 0 Å². The summed E-state index contributed by atoms with van der Waals surface area (Å²) in [4.78, 5) is 4.81. The van der Waals surface area contributed by atoms with E-state index in [1.807, 2.05) is 6.20 Å². The molecule has 0 bridgehead atoms. The molecule has 1 nitrogen and oxygen atoms in total. The Morgan fingerprint density at radius 2 is 1.63 bits per heavy atom. The summed E-state index contributed by atoms with van der Waals surface area (Å²) in [5, 5.41) is 0. The van der Waals surface area contributed by atoms with Crippen molar-refractivity contribution < 1.29 is 0 Å². The van der Waals surface area contributed by atoms with Gasteiger partial charge >= 0.3 is 0 Å². The lowest BCUT2D eigenvalue weighted by Gasteiger charge is -2.17. The number of hydrogen-bond acceptors (Lipinski definition) is 1. The lowest BCUT2D eigenvalue weighted by Crippen LogP contribution is -2.03. The first-order chi connectivity index (χ1) is 8.97. The minimum absolute atomic E-state index is 0.323. The number of hydrogen-bond donors (Lipinski definition) is 0. The van der Waals surface area contributed by atoms with Crippen LogP contribution >= 0.6 is 15.9 Å². The Balaban J connectivity index is 2.25. The Kier molecular flexibility index (Phi) is 4.41. The third kappa shape index (κ3) is 3.44. The van der Waals surface area contributed by atoms with E-state index in [2.05, 4.69) is 72.9 Å². The van der Waals surface area contributed by atoms with Crippen molar-refractivity contribution in [2.45, 2.75) is 38.9 Å². The summed E-state index contributed by atoms with van der Waals surface area (Å²) in [6, 6.07) is 8.73. The molecule has 2 heteroatoms. The number of rotatable bonds is 3. The van der Waals surface area contributed by atoms with Crippen LogP contribution < -0.4 is 0 Å². The van der Waals surface area contributed by atoms with Gasteiger partial charge in [0.25, 0.3) is 0 Å². The Labute approximate surface area is 124 Å². The van der Waals surface area contributed by atoms with Crippen molar-refractivity contribution in [1.29, 1.82) is 0 Å². The zero-order chi connectivity index (χ0) is 14.0. The second-order valence-corrected chi connectivity index (χ2v) is 6.42. The molecule has 0 spiro atoms. The second-order valence-electron chi connectivity index (χ2n) is 5.31. The molecule has 0 aliphatic heterocycles. The van der Waals surface area contributed by atoms with Crippen LogP contribution in [-0.2, 0) is 6.42 Å². The molecule has 0 aliphatic rings. The van der Waals surface area contributed by atoms with Gasteiger partial charge in [-0.05, 0) is 56.0 Å². The Bertz CT molecular complexity index is 549. The van der Waals surface area contributed by atoms with Crippen molar-refractivity contribution in [3.8, 4) is 0 Å².